The van der Waals surface area contributed by atoms with Crippen molar-refractivity contribution >= 4 is 47.8 Å². The van der Waals surface area contributed by atoms with Gasteiger partial charge in [0.2, 0.25) is 0 Å². The van der Waals surface area contributed by atoms with Crippen LogP contribution in [-0.2, 0) is 0 Å². The van der Waals surface area contributed by atoms with E-state index in [1.807, 2.05) is 24.3 Å². The fourth-order valence-corrected chi connectivity index (χ4v) is 3.56. The Morgan fingerprint density at radius 2 is 1.75 bits per heavy atom. The van der Waals surface area contributed by atoms with Gasteiger partial charge in [-0.2, -0.15) is 8.78 Å². The van der Waals surface area contributed by atoms with E-state index in [0.29, 0.717) is 0 Å². The Hall–Kier alpha value is -0.460. The standard InChI is InChI=1S/C14H9Br3F2O/c15-9-4-5-12(16)11(7-9)13(17)8-2-1-3-10(6-8)20-14(18)19/h1-7,13-14H. The van der Waals surface area contributed by atoms with Gasteiger partial charge in [-0.1, -0.05) is 59.9 Å². The minimum absolute atomic E-state index is 0.129. The summed E-state index contributed by atoms with van der Waals surface area (Å²) in [5.74, 6) is 0.146. The maximum atomic E-state index is 12.2. The fraction of sp³-hybridized carbons (Fsp3) is 0.143. The molecule has 0 radical (unpaired) electrons. The second-order valence-electron chi connectivity index (χ2n) is 3.98. The Morgan fingerprint density at radius 1 is 1.00 bits per heavy atom. The van der Waals surface area contributed by atoms with Gasteiger partial charge >= 0.3 is 6.61 Å². The lowest BCUT2D eigenvalue weighted by atomic mass is 10.0. The molecule has 0 aliphatic rings. The van der Waals surface area contributed by atoms with Crippen molar-refractivity contribution in [2.24, 2.45) is 0 Å². The molecule has 0 amide bonds. The van der Waals surface area contributed by atoms with Gasteiger partial charge in [0.1, 0.15) is 5.75 Å². The molecule has 2 aromatic rings. The van der Waals surface area contributed by atoms with E-state index in [4.69, 9.17) is 0 Å². The molecule has 0 heterocycles. The van der Waals surface area contributed by atoms with Crippen LogP contribution in [0.1, 0.15) is 16.0 Å². The molecule has 0 aliphatic carbocycles. The first-order valence-electron chi connectivity index (χ1n) is 5.61. The maximum absolute atomic E-state index is 12.2. The first-order valence-corrected chi connectivity index (χ1v) is 8.11. The van der Waals surface area contributed by atoms with E-state index in [2.05, 4.69) is 52.5 Å². The summed E-state index contributed by atoms with van der Waals surface area (Å²) in [6, 6.07) is 12.4. The number of hydrogen-bond donors (Lipinski definition) is 0. The zero-order valence-electron chi connectivity index (χ0n) is 9.99. The van der Waals surface area contributed by atoms with Crippen LogP contribution in [0.4, 0.5) is 8.78 Å². The van der Waals surface area contributed by atoms with E-state index in [9.17, 15) is 8.78 Å². The highest BCUT2D eigenvalue weighted by atomic mass is 79.9. The molecule has 2 rings (SSSR count). The second-order valence-corrected chi connectivity index (χ2v) is 6.67. The van der Waals surface area contributed by atoms with Crippen molar-refractivity contribution in [1.29, 1.82) is 0 Å². The van der Waals surface area contributed by atoms with Crippen LogP contribution >= 0.6 is 47.8 Å². The first kappa shape index (κ1) is 15.9. The van der Waals surface area contributed by atoms with Crippen LogP contribution in [0.5, 0.6) is 5.75 Å². The van der Waals surface area contributed by atoms with Gasteiger partial charge in [-0.3, -0.25) is 0 Å². The van der Waals surface area contributed by atoms with Crippen LogP contribution in [0.25, 0.3) is 0 Å². The molecule has 1 atom stereocenters. The molecule has 0 spiro atoms. The van der Waals surface area contributed by atoms with Crippen LogP contribution in [-0.4, -0.2) is 6.61 Å². The molecule has 106 valence electrons. The number of hydrogen-bond acceptors (Lipinski definition) is 1. The first-order chi connectivity index (χ1) is 9.47. The molecule has 0 fully saturated rings. The number of ether oxygens (including phenoxy) is 1. The van der Waals surface area contributed by atoms with E-state index >= 15 is 0 Å². The van der Waals surface area contributed by atoms with Crippen molar-refractivity contribution in [1.82, 2.24) is 0 Å². The average Bonchev–Trinajstić information content (AvgIpc) is 2.40. The van der Waals surface area contributed by atoms with Crippen LogP contribution in [0, 0.1) is 0 Å². The fourth-order valence-electron chi connectivity index (χ4n) is 1.74. The van der Waals surface area contributed by atoms with E-state index in [0.717, 1.165) is 20.1 Å². The lowest BCUT2D eigenvalue weighted by Crippen LogP contribution is -2.02. The van der Waals surface area contributed by atoms with Gasteiger partial charge in [0.25, 0.3) is 0 Å². The molecule has 0 aliphatic heterocycles. The molecule has 6 heteroatoms. The van der Waals surface area contributed by atoms with Crippen molar-refractivity contribution < 1.29 is 13.5 Å². The summed E-state index contributed by atoms with van der Waals surface area (Å²) in [5, 5.41) is 0. The molecule has 20 heavy (non-hydrogen) atoms. The van der Waals surface area contributed by atoms with Crippen LogP contribution in [0.15, 0.2) is 51.4 Å². The number of halogens is 5. The Morgan fingerprint density at radius 3 is 2.45 bits per heavy atom. The van der Waals surface area contributed by atoms with Gasteiger partial charge < -0.3 is 4.74 Å². The third kappa shape index (κ3) is 4.02. The van der Waals surface area contributed by atoms with E-state index < -0.39 is 6.61 Å². The summed E-state index contributed by atoms with van der Waals surface area (Å²) in [5.41, 5.74) is 1.83. The summed E-state index contributed by atoms with van der Waals surface area (Å²) >= 11 is 10.5. The quantitative estimate of drug-likeness (QED) is 0.477. The van der Waals surface area contributed by atoms with Crippen molar-refractivity contribution in [3.8, 4) is 5.75 Å². The smallest absolute Gasteiger partial charge is 0.387 e. The van der Waals surface area contributed by atoms with Crippen LogP contribution in [0.2, 0.25) is 0 Å². The summed E-state index contributed by atoms with van der Waals surface area (Å²) < 4.78 is 30.8. The monoisotopic (exact) mass is 468 g/mol. The summed E-state index contributed by atoms with van der Waals surface area (Å²) in [6.07, 6.45) is 0. The van der Waals surface area contributed by atoms with Gasteiger partial charge in [0.05, 0.1) is 4.83 Å². The molecule has 0 saturated heterocycles. The molecule has 2 aromatic carbocycles. The molecule has 0 aromatic heterocycles. The SMILES string of the molecule is FC(F)Oc1cccc(C(Br)c2cc(Br)ccc2Br)c1. The predicted molar refractivity (Wildman–Crippen MR) is 85.7 cm³/mol. The maximum Gasteiger partial charge on any atom is 0.387 e. The zero-order chi connectivity index (χ0) is 14.7. The lowest BCUT2D eigenvalue weighted by Gasteiger charge is -2.14. The minimum Gasteiger partial charge on any atom is -0.435 e. The van der Waals surface area contributed by atoms with Gasteiger partial charge in [-0.05, 0) is 41.5 Å². The Bertz CT molecular complexity index is 605. The van der Waals surface area contributed by atoms with Gasteiger partial charge in [-0.15, -0.1) is 0 Å². The summed E-state index contributed by atoms with van der Waals surface area (Å²) in [4.78, 5) is -0.129. The predicted octanol–water partition coefficient (Wildman–Crippen LogP) is 6.30. The molecule has 0 saturated carbocycles. The van der Waals surface area contributed by atoms with Gasteiger partial charge in [0, 0.05) is 8.95 Å². The number of benzene rings is 2. The molecule has 1 nitrogen and oxygen atoms in total. The Labute approximate surface area is 140 Å². The lowest BCUT2D eigenvalue weighted by molar-refractivity contribution is -0.0498. The topological polar surface area (TPSA) is 9.23 Å². The van der Waals surface area contributed by atoms with Gasteiger partial charge in [-0.25, -0.2) is 0 Å². The normalized spacial score (nSPS) is 12.5. The highest BCUT2D eigenvalue weighted by Crippen LogP contribution is 2.37. The average molecular weight is 471 g/mol. The van der Waals surface area contributed by atoms with E-state index in [1.165, 1.54) is 6.07 Å². The highest BCUT2D eigenvalue weighted by Gasteiger charge is 2.15. The number of alkyl halides is 3. The van der Waals surface area contributed by atoms with E-state index in [1.54, 1.807) is 12.1 Å². The molecule has 0 N–H and O–H groups in total. The van der Waals surface area contributed by atoms with Crippen LogP contribution in [0.3, 0.4) is 0 Å². The van der Waals surface area contributed by atoms with Gasteiger partial charge in [0.15, 0.2) is 0 Å². The summed E-state index contributed by atoms with van der Waals surface area (Å²) in [7, 11) is 0. The van der Waals surface area contributed by atoms with Crippen molar-refractivity contribution in [3.63, 3.8) is 0 Å². The Balaban J connectivity index is 2.33. The van der Waals surface area contributed by atoms with Crippen molar-refractivity contribution in [2.45, 2.75) is 11.4 Å². The molecular weight excluding hydrogens is 462 g/mol. The summed E-state index contributed by atoms with van der Waals surface area (Å²) in [6.45, 7) is -2.82. The highest BCUT2D eigenvalue weighted by molar-refractivity contribution is 9.11. The van der Waals surface area contributed by atoms with Crippen molar-refractivity contribution in [3.05, 3.63) is 62.5 Å². The number of rotatable bonds is 4. The Kier molecular flexibility index (Phi) is 5.57. The van der Waals surface area contributed by atoms with Crippen LogP contribution < -0.4 is 4.74 Å². The molecule has 1 unspecified atom stereocenters. The molecular formula is C14H9Br3F2O. The second kappa shape index (κ2) is 7.00. The van der Waals surface area contributed by atoms with Crippen molar-refractivity contribution in [2.75, 3.05) is 0 Å². The third-order valence-electron chi connectivity index (χ3n) is 2.61. The largest absolute Gasteiger partial charge is 0.435 e. The molecule has 0 bridgehead atoms. The minimum atomic E-state index is -2.82. The zero-order valence-corrected chi connectivity index (χ0v) is 14.8. The third-order valence-corrected chi connectivity index (χ3v) is 4.84. The van der Waals surface area contributed by atoms with E-state index in [-0.39, 0.29) is 10.6 Å².